The first-order valence-corrected chi connectivity index (χ1v) is 8.33. The van der Waals surface area contributed by atoms with E-state index in [0.29, 0.717) is 0 Å². The second kappa shape index (κ2) is 18.9. The van der Waals surface area contributed by atoms with E-state index in [9.17, 15) is 0 Å². The van der Waals surface area contributed by atoms with Gasteiger partial charge in [-0.25, -0.2) is 24.3 Å². The van der Waals surface area contributed by atoms with Gasteiger partial charge in [0, 0.05) is 0 Å². The summed E-state index contributed by atoms with van der Waals surface area (Å²) in [6, 6.07) is 20.0. The molecule has 0 amide bonds. The van der Waals surface area contributed by atoms with Gasteiger partial charge in [0.1, 0.15) is 0 Å². The molecule has 0 aromatic heterocycles. The molecule has 0 nitrogen and oxygen atoms in total. The van der Waals surface area contributed by atoms with Crippen LogP contribution >= 0.6 is 0 Å². The molecule has 0 N–H and O–H groups in total. The molecule has 0 saturated carbocycles. The molecule has 0 aliphatic rings. The minimum atomic E-state index is 0. The minimum absolute atomic E-state index is 0. The standard InChI is InChI=1S/C12H20.2C5H5.Ti/c1-5-9-11(7-3)12(8-4)10-6-2;2*1-2-4-5-3-1;/h5-8H2,1-4H3;2*1-5H;/q-2;2*-1;+4. The van der Waals surface area contributed by atoms with Crippen molar-refractivity contribution >= 4 is 0 Å². The average Bonchev–Trinajstić information content (AvgIpc) is 3.28. The fraction of sp³-hybridized carbons (Fsp3) is 0.364. The molecular formula is C22H30Ti. The Bertz CT molecular complexity index is 377. The summed E-state index contributed by atoms with van der Waals surface area (Å²) in [5.41, 5.74) is 2.73. The van der Waals surface area contributed by atoms with Gasteiger partial charge in [0.2, 0.25) is 0 Å². The van der Waals surface area contributed by atoms with E-state index in [1.165, 1.54) is 11.1 Å². The maximum Gasteiger partial charge on any atom is 4.00 e. The van der Waals surface area contributed by atoms with E-state index >= 15 is 0 Å². The maximum atomic E-state index is 3.39. The summed E-state index contributed by atoms with van der Waals surface area (Å²) >= 11 is 0. The van der Waals surface area contributed by atoms with Gasteiger partial charge in [0.25, 0.3) is 0 Å². The predicted molar refractivity (Wildman–Crippen MR) is 98.7 cm³/mol. The fourth-order valence-corrected chi connectivity index (χ4v) is 1.96. The molecule has 2 aromatic rings. The Morgan fingerprint density at radius 1 is 0.652 bits per heavy atom. The molecule has 2 aromatic carbocycles. The first-order valence-electron chi connectivity index (χ1n) is 8.33. The summed E-state index contributed by atoms with van der Waals surface area (Å²) in [5, 5.41) is 0. The van der Waals surface area contributed by atoms with E-state index in [4.69, 9.17) is 0 Å². The zero-order chi connectivity index (χ0) is 16.5. The van der Waals surface area contributed by atoms with Gasteiger partial charge in [0.15, 0.2) is 0 Å². The molecule has 0 fully saturated rings. The zero-order valence-electron chi connectivity index (χ0n) is 15.1. The van der Waals surface area contributed by atoms with Gasteiger partial charge in [-0.2, -0.15) is 36.4 Å². The summed E-state index contributed by atoms with van der Waals surface area (Å²) in [4.78, 5) is 0. The van der Waals surface area contributed by atoms with E-state index in [0.717, 1.165) is 25.7 Å². The molecule has 0 heterocycles. The summed E-state index contributed by atoms with van der Waals surface area (Å²) < 4.78 is 0. The van der Waals surface area contributed by atoms with Crippen LogP contribution in [0, 0.1) is 12.2 Å². The van der Waals surface area contributed by atoms with E-state index in [-0.39, 0.29) is 21.7 Å². The number of hydrogen-bond acceptors (Lipinski definition) is 0. The molecule has 23 heavy (non-hydrogen) atoms. The van der Waals surface area contributed by atoms with Crippen molar-refractivity contribution in [1.29, 1.82) is 0 Å². The molecule has 0 unspecified atom stereocenters. The quantitative estimate of drug-likeness (QED) is 0.315. The second-order valence-corrected chi connectivity index (χ2v) is 4.65. The average molecular weight is 342 g/mol. The summed E-state index contributed by atoms with van der Waals surface area (Å²) in [6.07, 6.45) is 11.0. The Labute approximate surface area is 158 Å². The smallest absolute Gasteiger partial charge is 0.373 e. The van der Waals surface area contributed by atoms with Crippen molar-refractivity contribution in [2.75, 3.05) is 0 Å². The number of hydrogen-bond donors (Lipinski definition) is 0. The van der Waals surface area contributed by atoms with Gasteiger partial charge in [-0.3, -0.25) is 0 Å². The van der Waals surface area contributed by atoms with Gasteiger partial charge < -0.3 is 23.3 Å². The molecule has 1 heteroatoms. The van der Waals surface area contributed by atoms with Crippen LogP contribution in [0.3, 0.4) is 0 Å². The second-order valence-electron chi connectivity index (χ2n) is 4.65. The van der Waals surface area contributed by atoms with Gasteiger partial charge in [-0.15, -0.1) is 25.7 Å². The molecule has 0 saturated heterocycles. The van der Waals surface area contributed by atoms with Crippen molar-refractivity contribution in [2.45, 2.75) is 53.4 Å². The molecule has 0 aliphatic carbocycles. The van der Waals surface area contributed by atoms with Gasteiger partial charge in [-0.05, 0) is 0 Å². The van der Waals surface area contributed by atoms with Crippen LogP contribution in [-0.2, 0) is 21.7 Å². The van der Waals surface area contributed by atoms with E-state index < -0.39 is 0 Å². The van der Waals surface area contributed by atoms with Gasteiger partial charge >= 0.3 is 21.7 Å². The van der Waals surface area contributed by atoms with Crippen LogP contribution in [0.4, 0.5) is 0 Å². The third kappa shape index (κ3) is 14.2. The van der Waals surface area contributed by atoms with Gasteiger partial charge in [0.05, 0.1) is 0 Å². The van der Waals surface area contributed by atoms with Crippen molar-refractivity contribution in [3.63, 3.8) is 0 Å². The van der Waals surface area contributed by atoms with Crippen LogP contribution in [0.5, 0.6) is 0 Å². The van der Waals surface area contributed by atoms with E-state index in [2.05, 4.69) is 39.8 Å². The zero-order valence-corrected chi connectivity index (χ0v) is 16.7. The summed E-state index contributed by atoms with van der Waals surface area (Å²) in [5.74, 6) is 0. The fourth-order valence-electron chi connectivity index (χ4n) is 1.96. The largest absolute Gasteiger partial charge is 4.00 e. The topological polar surface area (TPSA) is 0 Å². The molecule has 0 aliphatic heterocycles. The monoisotopic (exact) mass is 342 g/mol. The Hall–Kier alpha value is -1.11. The van der Waals surface area contributed by atoms with Crippen molar-refractivity contribution in [3.8, 4) is 0 Å². The van der Waals surface area contributed by atoms with Crippen LogP contribution in [0.1, 0.15) is 53.4 Å². The van der Waals surface area contributed by atoms with Crippen LogP contribution in [0.25, 0.3) is 0 Å². The summed E-state index contributed by atoms with van der Waals surface area (Å²) in [7, 11) is 0. The van der Waals surface area contributed by atoms with Crippen molar-refractivity contribution in [1.82, 2.24) is 0 Å². The molecule has 0 spiro atoms. The minimum Gasteiger partial charge on any atom is -0.373 e. The molecule has 0 bridgehead atoms. The van der Waals surface area contributed by atoms with Crippen LogP contribution in [-0.4, -0.2) is 0 Å². The van der Waals surface area contributed by atoms with Crippen LogP contribution in [0.2, 0.25) is 0 Å². The number of rotatable bonds is 5. The normalized spacial score (nSPS) is 10.6. The Balaban J connectivity index is 0. The Kier molecular flexibility index (Phi) is 19.9. The third-order valence-electron chi connectivity index (χ3n) is 2.96. The van der Waals surface area contributed by atoms with Crippen molar-refractivity contribution in [2.24, 2.45) is 0 Å². The van der Waals surface area contributed by atoms with Crippen LogP contribution < -0.4 is 0 Å². The summed E-state index contributed by atoms with van der Waals surface area (Å²) in [6.45, 7) is 8.64. The predicted octanol–water partition coefficient (Wildman–Crippen LogP) is 6.89. The number of allylic oxidation sites excluding steroid dienone is 4. The van der Waals surface area contributed by atoms with Gasteiger partial charge in [-0.1, -0.05) is 27.7 Å². The van der Waals surface area contributed by atoms with E-state index in [1.807, 2.05) is 60.7 Å². The SMILES string of the molecule is CC[C-]=C(CC)C(=[C-]CC)CC.[Ti+4].c1cc[cH-]c1.c1cc[cH-]c1. The van der Waals surface area contributed by atoms with Crippen molar-refractivity contribution in [3.05, 3.63) is 84.0 Å². The third-order valence-corrected chi connectivity index (χ3v) is 2.96. The molecular weight excluding hydrogens is 312 g/mol. The van der Waals surface area contributed by atoms with Crippen molar-refractivity contribution < 1.29 is 21.7 Å². The van der Waals surface area contributed by atoms with Crippen LogP contribution in [0.15, 0.2) is 71.8 Å². The Morgan fingerprint density at radius 2 is 0.957 bits per heavy atom. The molecule has 0 atom stereocenters. The Morgan fingerprint density at radius 3 is 1.09 bits per heavy atom. The first kappa shape index (κ1) is 24.2. The molecule has 122 valence electrons. The first-order chi connectivity index (χ1) is 10.8. The maximum absolute atomic E-state index is 3.39. The van der Waals surface area contributed by atoms with E-state index in [1.54, 1.807) is 0 Å². The molecule has 0 radical (unpaired) electrons. The molecule has 2 rings (SSSR count).